The van der Waals surface area contributed by atoms with Gasteiger partial charge >= 0.3 is 5.69 Å². The van der Waals surface area contributed by atoms with Crippen molar-refractivity contribution in [3.05, 3.63) is 53.2 Å². The van der Waals surface area contributed by atoms with Crippen molar-refractivity contribution in [1.82, 2.24) is 14.8 Å². The van der Waals surface area contributed by atoms with Crippen molar-refractivity contribution in [3.63, 3.8) is 0 Å². The van der Waals surface area contributed by atoms with Crippen LogP contribution in [0.25, 0.3) is 11.4 Å². The Kier molecular flexibility index (Phi) is 2.68. The first-order chi connectivity index (χ1) is 7.72. The fourth-order valence-corrected chi connectivity index (χ4v) is 1.44. The van der Waals surface area contributed by atoms with Gasteiger partial charge in [-0.15, -0.1) is 6.58 Å². The third-order valence-electron chi connectivity index (χ3n) is 2.17. The number of hydrogen-bond acceptors (Lipinski definition) is 2. The van der Waals surface area contributed by atoms with Gasteiger partial charge in [0.05, 0.1) is 0 Å². The molecular weight excluding hydrogens is 209 g/mol. The molecule has 16 heavy (non-hydrogen) atoms. The summed E-state index contributed by atoms with van der Waals surface area (Å²) in [7, 11) is 0. The van der Waals surface area contributed by atoms with Crippen molar-refractivity contribution in [2.45, 2.75) is 6.54 Å². The van der Waals surface area contributed by atoms with Gasteiger partial charge in [0.1, 0.15) is 5.82 Å². The molecule has 1 heterocycles. The number of aromatic amines is 1. The summed E-state index contributed by atoms with van der Waals surface area (Å²) in [5.74, 6) is 0.154. The molecule has 4 nitrogen and oxygen atoms in total. The highest BCUT2D eigenvalue weighted by Crippen LogP contribution is 2.15. The van der Waals surface area contributed by atoms with Gasteiger partial charge in [-0.25, -0.2) is 14.3 Å². The van der Waals surface area contributed by atoms with E-state index in [1.165, 1.54) is 16.7 Å². The van der Waals surface area contributed by atoms with Gasteiger partial charge in [0.15, 0.2) is 5.82 Å². The van der Waals surface area contributed by atoms with Crippen molar-refractivity contribution in [2.75, 3.05) is 0 Å². The van der Waals surface area contributed by atoms with Crippen LogP contribution >= 0.6 is 0 Å². The lowest BCUT2D eigenvalue weighted by molar-refractivity contribution is 0.628. The lowest BCUT2D eigenvalue weighted by Crippen LogP contribution is -2.16. The topological polar surface area (TPSA) is 50.7 Å². The minimum absolute atomic E-state index is 0.306. The molecule has 0 bridgehead atoms. The van der Waals surface area contributed by atoms with E-state index in [0.29, 0.717) is 17.9 Å². The molecule has 1 N–H and O–H groups in total. The van der Waals surface area contributed by atoms with Gasteiger partial charge in [0.25, 0.3) is 0 Å². The largest absolute Gasteiger partial charge is 0.343 e. The van der Waals surface area contributed by atoms with Crippen molar-refractivity contribution in [1.29, 1.82) is 0 Å². The highest BCUT2D eigenvalue weighted by molar-refractivity contribution is 5.54. The van der Waals surface area contributed by atoms with E-state index in [-0.39, 0.29) is 11.5 Å². The second-order valence-corrected chi connectivity index (χ2v) is 3.26. The second kappa shape index (κ2) is 4.14. The molecule has 0 aliphatic rings. The van der Waals surface area contributed by atoms with Gasteiger partial charge in [-0.1, -0.05) is 6.08 Å². The van der Waals surface area contributed by atoms with Crippen molar-refractivity contribution in [3.8, 4) is 11.4 Å². The van der Waals surface area contributed by atoms with Crippen molar-refractivity contribution >= 4 is 0 Å². The summed E-state index contributed by atoms with van der Waals surface area (Å²) in [6.45, 7) is 3.93. The molecule has 5 heteroatoms. The number of aromatic nitrogens is 3. The Morgan fingerprint density at radius 2 is 2.12 bits per heavy atom. The van der Waals surface area contributed by atoms with E-state index >= 15 is 0 Å². The Labute approximate surface area is 91.0 Å². The van der Waals surface area contributed by atoms with Crippen LogP contribution in [0.5, 0.6) is 0 Å². The van der Waals surface area contributed by atoms with Crippen LogP contribution in [0.2, 0.25) is 0 Å². The highest BCUT2D eigenvalue weighted by atomic mass is 19.1. The van der Waals surface area contributed by atoms with E-state index in [1.54, 1.807) is 18.2 Å². The molecule has 0 amide bonds. The Bertz CT molecular complexity index is 553. The highest BCUT2D eigenvalue weighted by Gasteiger charge is 2.08. The number of hydrogen-bond donors (Lipinski definition) is 1. The standard InChI is InChI=1S/C11H10FN3O/c1-2-7-15-10(13-14-11(15)16)8-3-5-9(12)6-4-8/h2-6H,1,7H2,(H,14,16). The Morgan fingerprint density at radius 1 is 1.44 bits per heavy atom. The predicted molar refractivity (Wildman–Crippen MR) is 58.4 cm³/mol. The first-order valence-electron chi connectivity index (χ1n) is 4.74. The van der Waals surface area contributed by atoms with Crippen LogP contribution in [0, 0.1) is 5.82 Å². The molecule has 0 radical (unpaired) electrons. The number of benzene rings is 1. The van der Waals surface area contributed by atoms with E-state index < -0.39 is 0 Å². The summed E-state index contributed by atoms with van der Waals surface area (Å²) < 4.78 is 14.2. The van der Waals surface area contributed by atoms with E-state index in [9.17, 15) is 9.18 Å². The van der Waals surface area contributed by atoms with Crippen molar-refractivity contribution in [2.24, 2.45) is 0 Å². The lowest BCUT2D eigenvalue weighted by Gasteiger charge is -2.02. The van der Waals surface area contributed by atoms with Gasteiger partial charge in [-0.05, 0) is 24.3 Å². The molecule has 1 aromatic carbocycles. The van der Waals surface area contributed by atoms with Gasteiger partial charge in [-0.2, -0.15) is 5.10 Å². The van der Waals surface area contributed by atoms with Crippen LogP contribution in [0.3, 0.4) is 0 Å². The summed E-state index contributed by atoms with van der Waals surface area (Å²) in [5.41, 5.74) is 0.376. The fourth-order valence-electron chi connectivity index (χ4n) is 1.44. The molecular formula is C11H10FN3O. The molecule has 0 atom stereocenters. The summed E-state index contributed by atoms with van der Waals surface area (Å²) in [6, 6.07) is 5.80. The zero-order valence-electron chi connectivity index (χ0n) is 8.48. The number of nitrogens with zero attached hydrogens (tertiary/aromatic N) is 2. The van der Waals surface area contributed by atoms with E-state index in [1.807, 2.05) is 0 Å². The Morgan fingerprint density at radius 3 is 2.75 bits per heavy atom. The number of halogens is 1. The maximum Gasteiger partial charge on any atom is 0.343 e. The summed E-state index contributed by atoms with van der Waals surface area (Å²) in [6.07, 6.45) is 1.60. The molecule has 1 aromatic heterocycles. The first-order valence-corrected chi connectivity index (χ1v) is 4.74. The maximum absolute atomic E-state index is 12.7. The Hall–Kier alpha value is -2.17. The normalized spacial score (nSPS) is 10.3. The monoisotopic (exact) mass is 219 g/mol. The second-order valence-electron chi connectivity index (χ2n) is 3.26. The predicted octanol–water partition coefficient (Wildman–Crippen LogP) is 1.56. The van der Waals surface area contributed by atoms with Crippen molar-refractivity contribution < 1.29 is 4.39 Å². The first kappa shape index (κ1) is 10.4. The molecule has 82 valence electrons. The fraction of sp³-hybridized carbons (Fsp3) is 0.0909. The van der Waals surface area contributed by atoms with Gasteiger partial charge in [0.2, 0.25) is 0 Å². The minimum Gasteiger partial charge on any atom is -0.271 e. The molecule has 0 unspecified atom stereocenters. The van der Waals surface area contributed by atoms with E-state index in [4.69, 9.17) is 0 Å². The summed E-state index contributed by atoms with van der Waals surface area (Å²) >= 11 is 0. The van der Waals surface area contributed by atoms with Crippen LogP contribution in [-0.4, -0.2) is 14.8 Å². The molecule has 0 aliphatic heterocycles. The molecule has 2 aromatic rings. The average Bonchev–Trinajstić information content (AvgIpc) is 2.63. The van der Waals surface area contributed by atoms with Gasteiger partial charge in [0, 0.05) is 12.1 Å². The van der Waals surface area contributed by atoms with Crippen LogP contribution in [-0.2, 0) is 6.54 Å². The summed E-state index contributed by atoms with van der Waals surface area (Å²) in [4.78, 5) is 11.4. The number of allylic oxidation sites excluding steroid dienone is 1. The number of nitrogens with one attached hydrogen (secondary N) is 1. The molecule has 2 rings (SSSR count). The van der Waals surface area contributed by atoms with Crippen LogP contribution in [0.4, 0.5) is 4.39 Å². The Balaban J connectivity index is 2.51. The molecule has 0 fully saturated rings. The third kappa shape index (κ3) is 1.79. The minimum atomic E-state index is -0.322. The number of H-pyrrole nitrogens is 1. The zero-order chi connectivity index (χ0) is 11.5. The van der Waals surface area contributed by atoms with E-state index in [2.05, 4.69) is 16.8 Å². The van der Waals surface area contributed by atoms with Gasteiger partial charge in [-0.3, -0.25) is 4.57 Å². The SMILES string of the molecule is C=CCn1c(-c2ccc(F)cc2)n[nH]c1=O. The quantitative estimate of drug-likeness (QED) is 0.796. The molecule has 0 aliphatic carbocycles. The smallest absolute Gasteiger partial charge is 0.271 e. The van der Waals surface area contributed by atoms with Gasteiger partial charge < -0.3 is 0 Å². The van der Waals surface area contributed by atoms with Crippen LogP contribution < -0.4 is 5.69 Å². The molecule has 0 saturated heterocycles. The third-order valence-corrected chi connectivity index (χ3v) is 2.17. The molecule has 0 spiro atoms. The zero-order valence-corrected chi connectivity index (χ0v) is 8.48. The average molecular weight is 219 g/mol. The summed E-state index contributed by atoms with van der Waals surface area (Å²) in [5, 5.41) is 6.24. The lowest BCUT2D eigenvalue weighted by atomic mass is 10.2. The van der Waals surface area contributed by atoms with Crippen LogP contribution in [0.15, 0.2) is 41.7 Å². The maximum atomic E-state index is 12.7. The number of rotatable bonds is 3. The van der Waals surface area contributed by atoms with E-state index in [0.717, 1.165) is 0 Å². The van der Waals surface area contributed by atoms with Crippen LogP contribution in [0.1, 0.15) is 0 Å². The molecule has 0 saturated carbocycles.